The molecule has 2 aromatic heterocycles. The summed E-state index contributed by atoms with van der Waals surface area (Å²) >= 11 is 1.86. The van der Waals surface area contributed by atoms with Gasteiger partial charge in [-0.05, 0) is 122 Å². The van der Waals surface area contributed by atoms with Crippen LogP contribution in [0.1, 0.15) is 0 Å². The van der Waals surface area contributed by atoms with Gasteiger partial charge in [0.05, 0.1) is 16.7 Å². The lowest BCUT2D eigenvalue weighted by Crippen LogP contribution is -2.11. The molecular formula is C62H40N2S. The molecule has 0 aliphatic rings. The number of hydrogen-bond donors (Lipinski definition) is 0. The van der Waals surface area contributed by atoms with E-state index in [1.165, 1.54) is 85.8 Å². The Bertz CT molecular complexity index is 3900. The van der Waals surface area contributed by atoms with E-state index >= 15 is 0 Å². The van der Waals surface area contributed by atoms with Gasteiger partial charge >= 0.3 is 0 Å². The van der Waals surface area contributed by atoms with Gasteiger partial charge in [-0.1, -0.05) is 170 Å². The highest BCUT2D eigenvalue weighted by molar-refractivity contribution is 7.25. The van der Waals surface area contributed by atoms with Crippen LogP contribution in [0.15, 0.2) is 243 Å². The molecular weight excluding hydrogens is 805 g/mol. The van der Waals surface area contributed by atoms with Crippen molar-refractivity contribution in [2.24, 2.45) is 0 Å². The second-order valence-corrected chi connectivity index (χ2v) is 18.0. The first-order valence-corrected chi connectivity index (χ1v) is 23.1. The monoisotopic (exact) mass is 844 g/mol. The summed E-state index contributed by atoms with van der Waals surface area (Å²) in [4.78, 5) is 2.47. The fourth-order valence-electron chi connectivity index (χ4n) is 10.1. The zero-order chi connectivity index (χ0) is 42.8. The van der Waals surface area contributed by atoms with Crippen molar-refractivity contribution in [3.05, 3.63) is 243 Å². The summed E-state index contributed by atoms with van der Waals surface area (Å²) in [5, 5.41) is 10.1. The molecule has 0 bridgehead atoms. The van der Waals surface area contributed by atoms with E-state index in [2.05, 4.69) is 252 Å². The van der Waals surface area contributed by atoms with E-state index in [4.69, 9.17) is 0 Å². The van der Waals surface area contributed by atoms with Gasteiger partial charge in [0, 0.05) is 53.6 Å². The van der Waals surface area contributed by atoms with E-state index in [0.29, 0.717) is 0 Å². The van der Waals surface area contributed by atoms with Crippen LogP contribution in [-0.2, 0) is 0 Å². The first-order chi connectivity index (χ1) is 32.2. The Morgan fingerprint density at radius 2 is 0.908 bits per heavy atom. The van der Waals surface area contributed by atoms with E-state index < -0.39 is 0 Å². The van der Waals surface area contributed by atoms with Crippen LogP contribution in [-0.4, -0.2) is 4.57 Å². The van der Waals surface area contributed by atoms with Gasteiger partial charge in [-0.15, -0.1) is 11.3 Å². The average molecular weight is 845 g/mol. The van der Waals surface area contributed by atoms with E-state index in [1.807, 2.05) is 11.3 Å². The fourth-order valence-corrected chi connectivity index (χ4v) is 11.2. The molecule has 3 heteroatoms. The van der Waals surface area contributed by atoms with E-state index in [9.17, 15) is 0 Å². The van der Waals surface area contributed by atoms with Gasteiger partial charge < -0.3 is 9.47 Å². The van der Waals surface area contributed by atoms with Crippen molar-refractivity contribution < 1.29 is 0 Å². The summed E-state index contributed by atoms with van der Waals surface area (Å²) < 4.78 is 4.98. The highest BCUT2D eigenvalue weighted by atomic mass is 32.1. The van der Waals surface area contributed by atoms with Crippen LogP contribution in [0.25, 0.3) is 103 Å². The molecule has 0 aliphatic heterocycles. The Morgan fingerprint density at radius 3 is 1.69 bits per heavy atom. The standard InChI is InChI=1S/C62H40N2S/c1-2-15-42(16-3-1)50-35-31-45(56-38-44-17-4-5-20-49(44)51-21-6-7-22-52(51)56)39-60(50)63(48-34-36-62-57(40-48)55-25-10-13-28-61(55)65-62)46-32-29-41(30-33-46)43-18-14-19-47(37-43)64-58-26-11-8-23-53(58)54-24-9-12-27-59(54)64/h1-40H. The molecule has 0 aliphatic carbocycles. The SMILES string of the molecule is c1ccc(-c2ccc(-c3cc4ccccc4c4ccccc34)cc2N(c2ccc(-c3cccc(-n4c5ccccc5c5ccccc54)c3)cc2)c2ccc3sc4ccccc4c3c2)cc1. The zero-order valence-electron chi connectivity index (χ0n) is 35.4. The van der Waals surface area contributed by atoms with E-state index in [1.54, 1.807) is 0 Å². The Labute approximate surface area is 381 Å². The summed E-state index contributed by atoms with van der Waals surface area (Å²) in [7, 11) is 0. The van der Waals surface area contributed by atoms with Crippen molar-refractivity contribution in [2.45, 2.75) is 0 Å². The number of para-hydroxylation sites is 2. The van der Waals surface area contributed by atoms with Gasteiger partial charge in [-0.3, -0.25) is 0 Å². The summed E-state index contributed by atoms with van der Waals surface area (Å²) in [5.74, 6) is 0. The molecule has 304 valence electrons. The van der Waals surface area contributed by atoms with Crippen molar-refractivity contribution in [3.8, 4) is 39.1 Å². The molecule has 2 nitrogen and oxygen atoms in total. The largest absolute Gasteiger partial charge is 0.310 e. The van der Waals surface area contributed by atoms with Crippen LogP contribution in [0.3, 0.4) is 0 Å². The molecule has 65 heavy (non-hydrogen) atoms. The molecule has 0 unspecified atom stereocenters. The minimum atomic E-state index is 1.09. The number of hydrogen-bond acceptors (Lipinski definition) is 2. The molecule has 2 heterocycles. The minimum Gasteiger partial charge on any atom is -0.310 e. The Kier molecular flexibility index (Phi) is 8.75. The summed E-state index contributed by atoms with van der Waals surface area (Å²) in [6.45, 7) is 0. The Morgan fingerprint density at radius 1 is 0.308 bits per heavy atom. The number of nitrogens with zero attached hydrogens (tertiary/aromatic N) is 2. The Balaban J connectivity index is 1.01. The molecule has 0 N–H and O–H groups in total. The second-order valence-electron chi connectivity index (χ2n) is 16.9. The van der Waals surface area contributed by atoms with Gasteiger partial charge in [-0.2, -0.15) is 0 Å². The Hall–Kier alpha value is -8.24. The lowest BCUT2D eigenvalue weighted by molar-refractivity contribution is 1.18. The number of rotatable bonds is 7. The van der Waals surface area contributed by atoms with Gasteiger partial charge in [0.2, 0.25) is 0 Å². The lowest BCUT2D eigenvalue weighted by atomic mass is 9.91. The number of benzene rings is 11. The third kappa shape index (κ3) is 6.24. The van der Waals surface area contributed by atoms with Crippen LogP contribution in [0, 0.1) is 0 Å². The van der Waals surface area contributed by atoms with Crippen molar-refractivity contribution in [1.82, 2.24) is 4.57 Å². The van der Waals surface area contributed by atoms with Gasteiger partial charge in [0.25, 0.3) is 0 Å². The van der Waals surface area contributed by atoms with Crippen molar-refractivity contribution in [1.29, 1.82) is 0 Å². The van der Waals surface area contributed by atoms with E-state index in [0.717, 1.165) is 33.9 Å². The molecule has 13 aromatic rings. The summed E-state index contributed by atoms with van der Waals surface area (Å²) in [6.07, 6.45) is 0. The number of fused-ring (bicyclic) bond motifs is 9. The fraction of sp³-hybridized carbons (Fsp3) is 0. The molecule has 0 spiro atoms. The molecule has 11 aromatic carbocycles. The van der Waals surface area contributed by atoms with Crippen LogP contribution in [0.2, 0.25) is 0 Å². The predicted octanol–water partition coefficient (Wildman–Crippen LogP) is 17.9. The normalized spacial score (nSPS) is 11.7. The van der Waals surface area contributed by atoms with Crippen molar-refractivity contribution in [3.63, 3.8) is 0 Å². The lowest BCUT2D eigenvalue weighted by Gasteiger charge is -2.29. The molecule has 0 amide bonds. The van der Waals surface area contributed by atoms with Gasteiger partial charge in [0.15, 0.2) is 0 Å². The minimum absolute atomic E-state index is 1.09. The maximum absolute atomic E-state index is 2.47. The van der Waals surface area contributed by atoms with Crippen LogP contribution < -0.4 is 4.90 Å². The number of anilines is 3. The molecule has 0 radical (unpaired) electrons. The topological polar surface area (TPSA) is 8.17 Å². The van der Waals surface area contributed by atoms with Crippen LogP contribution in [0.4, 0.5) is 17.1 Å². The average Bonchev–Trinajstić information content (AvgIpc) is 3.92. The van der Waals surface area contributed by atoms with Crippen LogP contribution >= 0.6 is 11.3 Å². The number of aromatic nitrogens is 1. The van der Waals surface area contributed by atoms with Crippen LogP contribution in [0.5, 0.6) is 0 Å². The van der Waals surface area contributed by atoms with E-state index in [-0.39, 0.29) is 0 Å². The predicted molar refractivity (Wildman–Crippen MR) is 280 cm³/mol. The summed E-state index contributed by atoms with van der Waals surface area (Å²) in [6, 6.07) is 89.2. The summed E-state index contributed by atoms with van der Waals surface area (Å²) in [5.41, 5.74) is 13.9. The zero-order valence-corrected chi connectivity index (χ0v) is 36.2. The quantitative estimate of drug-likeness (QED) is 0.145. The molecule has 0 fully saturated rings. The van der Waals surface area contributed by atoms with Gasteiger partial charge in [-0.25, -0.2) is 0 Å². The second kappa shape index (κ2) is 15.2. The molecule has 0 atom stereocenters. The van der Waals surface area contributed by atoms with Crippen molar-refractivity contribution in [2.75, 3.05) is 4.90 Å². The first-order valence-electron chi connectivity index (χ1n) is 22.2. The van der Waals surface area contributed by atoms with Gasteiger partial charge in [0.1, 0.15) is 0 Å². The highest BCUT2D eigenvalue weighted by Gasteiger charge is 2.21. The molecule has 13 rings (SSSR count). The first kappa shape index (κ1) is 37.3. The number of thiophene rings is 1. The molecule has 0 saturated heterocycles. The maximum Gasteiger partial charge on any atom is 0.0546 e. The van der Waals surface area contributed by atoms with Crippen molar-refractivity contribution >= 4 is 91.9 Å². The maximum atomic E-state index is 2.47. The molecule has 0 saturated carbocycles. The highest BCUT2D eigenvalue weighted by Crippen LogP contribution is 2.47. The third-order valence-corrected chi connectivity index (χ3v) is 14.3. The smallest absolute Gasteiger partial charge is 0.0546 e. The third-order valence-electron chi connectivity index (χ3n) is 13.2.